The summed E-state index contributed by atoms with van der Waals surface area (Å²) in [5, 5.41) is 0. The smallest absolute Gasteiger partial charge is 0.227 e. The topological polar surface area (TPSA) is 54.5 Å². The molecule has 0 radical (unpaired) electrons. The molecule has 1 aliphatic rings. The van der Waals surface area contributed by atoms with Crippen LogP contribution in [0.2, 0.25) is 0 Å². The Kier molecular flexibility index (Phi) is 5.19. The Hall–Kier alpha value is -2.14. The van der Waals surface area contributed by atoms with E-state index < -0.39 is 9.84 Å². The molecule has 26 heavy (non-hydrogen) atoms. The van der Waals surface area contributed by atoms with E-state index in [1.165, 1.54) is 11.8 Å². The van der Waals surface area contributed by atoms with Gasteiger partial charge in [-0.1, -0.05) is 49.4 Å². The lowest BCUT2D eigenvalue weighted by Gasteiger charge is -2.41. The fraction of sp³-hybridized carbons (Fsp3) is 0.381. The first-order valence-electron chi connectivity index (χ1n) is 8.90. The van der Waals surface area contributed by atoms with Gasteiger partial charge >= 0.3 is 0 Å². The van der Waals surface area contributed by atoms with Crippen molar-refractivity contribution in [2.45, 2.75) is 36.5 Å². The molecule has 0 unspecified atom stereocenters. The van der Waals surface area contributed by atoms with Gasteiger partial charge in [-0.2, -0.15) is 0 Å². The van der Waals surface area contributed by atoms with Crippen molar-refractivity contribution in [3.63, 3.8) is 0 Å². The quantitative estimate of drug-likeness (QED) is 0.829. The van der Waals surface area contributed by atoms with Gasteiger partial charge in [-0.15, -0.1) is 0 Å². The summed E-state index contributed by atoms with van der Waals surface area (Å²) >= 11 is 0. The van der Waals surface area contributed by atoms with Crippen LogP contribution in [-0.4, -0.2) is 38.6 Å². The summed E-state index contributed by atoms with van der Waals surface area (Å²) < 4.78 is 23.1. The Labute approximate surface area is 155 Å². The highest BCUT2D eigenvalue weighted by Gasteiger charge is 2.34. The van der Waals surface area contributed by atoms with Gasteiger partial charge in [0.1, 0.15) is 0 Å². The third-order valence-corrected chi connectivity index (χ3v) is 6.36. The summed E-state index contributed by atoms with van der Waals surface area (Å²) in [5.41, 5.74) is 2.10. The molecule has 4 nitrogen and oxygen atoms in total. The molecule has 0 aromatic heterocycles. The number of piperidine rings is 1. The Morgan fingerprint density at radius 3 is 2.35 bits per heavy atom. The van der Waals surface area contributed by atoms with E-state index in [9.17, 15) is 13.2 Å². The molecule has 2 aromatic rings. The lowest BCUT2D eigenvalue weighted by Crippen LogP contribution is -2.47. The van der Waals surface area contributed by atoms with Crippen molar-refractivity contribution < 1.29 is 13.2 Å². The molecule has 1 amide bonds. The highest BCUT2D eigenvalue weighted by atomic mass is 32.2. The summed E-state index contributed by atoms with van der Waals surface area (Å²) in [7, 11) is -3.21. The van der Waals surface area contributed by atoms with Crippen molar-refractivity contribution >= 4 is 15.7 Å². The predicted octanol–water partition coefficient (Wildman–Crippen LogP) is 3.21. The molecule has 1 saturated heterocycles. The molecule has 1 atom stereocenters. The van der Waals surface area contributed by atoms with Crippen LogP contribution < -0.4 is 0 Å². The molecule has 0 spiro atoms. The number of nitrogens with zero attached hydrogens (tertiary/aromatic N) is 1. The van der Waals surface area contributed by atoms with Crippen molar-refractivity contribution in [2.75, 3.05) is 19.3 Å². The molecule has 1 heterocycles. The zero-order valence-corrected chi connectivity index (χ0v) is 16.1. The molecule has 3 rings (SSSR count). The molecule has 1 aliphatic heterocycles. The number of carbonyl (C=O) groups excluding carboxylic acids is 1. The van der Waals surface area contributed by atoms with Crippen LogP contribution in [0.25, 0.3) is 0 Å². The molecular weight excluding hydrogens is 346 g/mol. The van der Waals surface area contributed by atoms with E-state index in [0.717, 1.165) is 31.5 Å². The highest BCUT2D eigenvalue weighted by molar-refractivity contribution is 7.90. The second-order valence-electron chi connectivity index (χ2n) is 7.44. The summed E-state index contributed by atoms with van der Waals surface area (Å²) in [6.07, 6.45) is 3.55. The monoisotopic (exact) mass is 371 g/mol. The van der Waals surface area contributed by atoms with Gasteiger partial charge < -0.3 is 4.90 Å². The number of sulfone groups is 1. The molecule has 138 valence electrons. The van der Waals surface area contributed by atoms with Crippen LogP contribution in [0.3, 0.4) is 0 Å². The number of hydrogen-bond acceptors (Lipinski definition) is 3. The van der Waals surface area contributed by atoms with Crippen LogP contribution in [0.5, 0.6) is 0 Å². The van der Waals surface area contributed by atoms with Gasteiger partial charge in [-0.25, -0.2) is 8.42 Å². The van der Waals surface area contributed by atoms with Gasteiger partial charge in [0.05, 0.1) is 11.3 Å². The number of rotatable bonds is 4. The standard InChI is InChI=1S/C21H25NO3S/c1-21(18-7-4-3-5-8-18)13-6-14-22(16-21)20(23)15-17-9-11-19(12-10-17)26(2,24)25/h3-5,7-12H,6,13-16H2,1-2H3/t21-/m1/s1. The van der Waals surface area contributed by atoms with Crippen molar-refractivity contribution in [3.8, 4) is 0 Å². The maximum Gasteiger partial charge on any atom is 0.227 e. The molecule has 2 aromatic carbocycles. The van der Waals surface area contributed by atoms with Crippen LogP contribution in [0, 0.1) is 0 Å². The van der Waals surface area contributed by atoms with Gasteiger partial charge in [0.25, 0.3) is 0 Å². The normalized spacial score (nSPS) is 20.8. The van der Waals surface area contributed by atoms with Gasteiger partial charge in [0.15, 0.2) is 9.84 Å². The Balaban J connectivity index is 1.70. The van der Waals surface area contributed by atoms with E-state index in [-0.39, 0.29) is 16.2 Å². The predicted molar refractivity (Wildman–Crippen MR) is 103 cm³/mol. The zero-order valence-electron chi connectivity index (χ0n) is 15.3. The average molecular weight is 372 g/mol. The Morgan fingerprint density at radius 2 is 1.73 bits per heavy atom. The number of carbonyl (C=O) groups is 1. The molecule has 0 saturated carbocycles. The van der Waals surface area contributed by atoms with Crippen molar-refractivity contribution in [2.24, 2.45) is 0 Å². The fourth-order valence-electron chi connectivity index (χ4n) is 3.67. The van der Waals surface area contributed by atoms with E-state index in [0.29, 0.717) is 6.42 Å². The minimum absolute atomic E-state index is 0.0185. The van der Waals surface area contributed by atoms with E-state index in [1.807, 2.05) is 23.1 Å². The summed E-state index contributed by atoms with van der Waals surface area (Å²) in [5.74, 6) is 0.0963. The number of benzene rings is 2. The van der Waals surface area contributed by atoms with Crippen molar-refractivity contribution in [1.82, 2.24) is 4.90 Å². The third-order valence-electron chi connectivity index (χ3n) is 5.23. The van der Waals surface area contributed by atoms with Crippen LogP contribution in [0.1, 0.15) is 30.9 Å². The van der Waals surface area contributed by atoms with Gasteiger partial charge in [0.2, 0.25) is 5.91 Å². The lowest BCUT2D eigenvalue weighted by atomic mass is 9.76. The van der Waals surface area contributed by atoms with Crippen LogP contribution in [0.15, 0.2) is 59.5 Å². The highest BCUT2D eigenvalue weighted by Crippen LogP contribution is 2.33. The molecule has 0 aliphatic carbocycles. The number of likely N-dealkylation sites (tertiary alicyclic amines) is 1. The number of hydrogen-bond donors (Lipinski definition) is 0. The first-order valence-corrected chi connectivity index (χ1v) is 10.8. The van der Waals surface area contributed by atoms with Crippen LogP contribution in [0.4, 0.5) is 0 Å². The molecular formula is C21H25NO3S. The van der Waals surface area contributed by atoms with Gasteiger partial charge in [0, 0.05) is 24.8 Å². The average Bonchev–Trinajstić information content (AvgIpc) is 2.62. The Bertz CT molecular complexity index is 875. The SMILES string of the molecule is C[C@@]1(c2ccccc2)CCCN(C(=O)Cc2ccc(S(C)(=O)=O)cc2)C1. The second-order valence-corrected chi connectivity index (χ2v) is 9.45. The fourth-order valence-corrected chi connectivity index (χ4v) is 4.30. The summed E-state index contributed by atoms with van der Waals surface area (Å²) in [6.45, 7) is 3.72. The first kappa shape index (κ1) is 18.6. The summed E-state index contributed by atoms with van der Waals surface area (Å²) in [6, 6.07) is 17.0. The maximum atomic E-state index is 12.8. The Morgan fingerprint density at radius 1 is 1.08 bits per heavy atom. The second kappa shape index (κ2) is 7.23. The number of amides is 1. The van der Waals surface area contributed by atoms with Gasteiger partial charge in [-0.05, 0) is 36.1 Å². The van der Waals surface area contributed by atoms with Crippen LogP contribution >= 0.6 is 0 Å². The minimum Gasteiger partial charge on any atom is -0.342 e. The minimum atomic E-state index is -3.21. The largest absolute Gasteiger partial charge is 0.342 e. The molecule has 1 fully saturated rings. The molecule has 5 heteroatoms. The zero-order chi connectivity index (χ0) is 18.8. The van der Waals surface area contributed by atoms with E-state index in [1.54, 1.807) is 24.3 Å². The van der Waals surface area contributed by atoms with E-state index in [4.69, 9.17) is 0 Å². The summed E-state index contributed by atoms with van der Waals surface area (Å²) in [4.78, 5) is 15.0. The first-order chi connectivity index (χ1) is 12.3. The lowest BCUT2D eigenvalue weighted by molar-refractivity contribution is -0.132. The third kappa shape index (κ3) is 4.15. The van der Waals surface area contributed by atoms with Crippen molar-refractivity contribution in [1.29, 1.82) is 0 Å². The van der Waals surface area contributed by atoms with E-state index >= 15 is 0 Å². The maximum absolute atomic E-state index is 12.8. The van der Waals surface area contributed by atoms with E-state index in [2.05, 4.69) is 19.1 Å². The van der Waals surface area contributed by atoms with Gasteiger partial charge in [-0.3, -0.25) is 4.79 Å². The van der Waals surface area contributed by atoms with Crippen molar-refractivity contribution in [3.05, 3.63) is 65.7 Å². The van der Waals surface area contributed by atoms with Crippen LogP contribution in [-0.2, 0) is 26.5 Å². The molecule has 0 bridgehead atoms. The molecule has 0 N–H and O–H groups in total.